The molecule has 0 radical (unpaired) electrons. The van der Waals surface area contributed by atoms with Crippen molar-refractivity contribution >= 4 is 75.8 Å². The van der Waals surface area contributed by atoms with Gasteiger partial charge >= 0.3 is 0 Å². The molecule has 0 saturated heterocycles. The second kappa shape index (κ2) is 11.1. The molecular formula is C48H51BN2OSi. The van der Waals surface area contributed by atoms with E-state index in [0.717, 1.165) is 11.3 Å². The van der Waals surface area contributed by atoms with Gasteiger partial charge in [-0.3, -0.25) is 0 Å². The third-order valence-electron chi connectivity index (χ3n) is 12.1. The Hall–Kier alpha value is -4.74. The fourth-order valence-electron chi connectivity index (χ4n) is 9.23. The average molecular weight is 711 g/mol. The van der Waals surface area contributed by atoms with Crippen LogP contribution in [-0.2, 0) is 16.2 Å². The van der Waals surface area contributed by atoms with Crippen LogP contribution in [0.15, 0.2) is 119 Å². The zero-order valence-corrected chi connectivity index (χ0v) is 34.3. The van der Waals surface area contributed by atoms with Gasteiger partial charge in [-0.1, -0.05) is 136 Å². The van der Waals surface area contributed by atoms with Crippen LogP contribution in [0.2, 0.25) is 13.1 Å². The van der Waals surface area contributed by atoms with Crippen LogP contribution in [0.1, 0.15) is 84.8 Å². The second-order valence-corrected chi connectivity index (χ2v) is 23.3. The molecule has 0 atom stereocenters. The number of nitrogens with zero attached hydrogens (tertiary/aromatic N) is 2. The molecule has 0 amide bonds. The van der Waals surface area contributed by atoms with Crippen molar-refractivity contribution in [2.24, 2.45) is 0 Å². The van der Waals surface area contributed by atoms with E-state index < -0.39 is 8.07 Å². The number of hydrogen-bond acceptors (Lipinski definition) is 3. The Morgan fingerprint density at radius 3 is 1.66 bits per heavy atom. The summed E-state index contributed by atoms with van der Waals surface area (Å²) in [4.78, 5) is 5.17. The van der Waals surface area contributed by atoms with Crippen molar-refractivity contribution in [2.45, 2.75) is 91.7 Å². The fraction of sp³-hybridized carbons (Fsp3) is 0.292. The van der Waals surface area contributed by atoms with Crippen LogP contribution >= 0.6 is 0 Å². The van der Waals surface area contributed by atoms with Crippen molar-refractivity contribution in [3.63, 3.8) is 0 Å². The number of furan rings is 1. The first-order chi connectivity index (χ1) is 25.0. The Morgan fingerprint density at radius 2 is 1.08 bits per heavy atom. The number of para-hydroxylation sites is 1. The highest BCUT2D eigenvalue weighted by atomic mass is 28.3. The summed E-state index contributed by atoms with van der Waals surface area (Å²) in [5.41, 5.74) is 15.3. The predicted molar refractivity (Wildman–Crippen MR) is 231 cm³/mol. The zero-order chi connectivity index (χ0) is 37.4. The van der Waals surface area contributed by atoms with E-state index in [1.807, 2.05) is 0 Å². The summed E-state index contributed by atoms with van der Waals surface area (Å²) in [6.07, 6.45) is 0. The molecule has 3 nitrogen and oxygen atoms in total. The summed E-state index contributed by atoms with van der Waals surface area (Å²) < 4.78 is 7.06. The third-order valence-corrected chi connectivity index (χ3v) is 15.5. The molecule has 9 rings (SSSR count). The molecule has 6 aromatic rings. The molecule has 3 aliphatic heterocycles. The maximum atomic E-state index is 7.06. The molecule has 0 N–H and O–H groups in total. The van der Waals surface area contributed by atoms with Gasteiger partial charge in [0, 0.05) is 39.1 Å². The molecule has 0 aliphatic carbocycles. The van der Waals surface area contributed by atoms with Crippen molar-refractivity contribution in [3.8, 4) is 0 Å². The van der Waals surface area contributed by atoms with E-state index in [4.69, 9.17) is 4.42 Å². The van der Waals surface area contributed by atoms with Crippen LogP contribution in [0.3, 0.4) is 0 Å². The maximum Gasteiger partial charge on any atom is 0.256 e. The van der Waals surface area contributed by atoms with Crippen LogP contribution in [0.5, 0.6) is 0 Å². The Balaban J connectivity index is 1.38. The van der Waals surface area contributed by atoms with E-state index in [9.17, 15) is 0 Å². The summed E-state index contributed by atoms with van der Waals surface area (Å²) in [5, 5.41) is 4.14. The Morgan fingerprint density at radius 1 is 0.547 bits per heavy atom. The van der Waals surface area contributed by atoms with E-state index in [2.05, 4.69) is 194 Å². The number of rotatable bonds is 2. The summed E-state index contributed by atoms with van der Waals surface area (Å²) in [6.45, 7) is 25.8. The third kappa shape index (κ3) is 4.99. The van der Waals surface area contributed by atoms with Gasteiger partial charge in [0.15, 0.2) is 0 Å². The lowest BCUT2D eigenvalue weighted by molar-refractivity contribution is 0.590. The van der Waals surface area contributed by atoms with Gasteiger partial charge in [0.2, 0.25) is 0 Å². The minimum absolute atomic E-state index is 0.0000948. The minimum atomic E-state index is -2.32. The molecule has 53 heavy (non-hydrogen) atoms. The minimum Gasteiger partial charge on any atom is -0.457 e. The van der Waals surface area contributed by atoms with Crippen LogP contribution in [-0.4, -0.2) is 14.8 Å². The molecule has 0 spiro atoms. The maximum absolute atomic E-state index is 7.06. The lowest BCUT2D eigenvalue weighted by atomic mass is 9.33. The standard InChI is InChI=1S/C48H51BN2OSi/c1-46(2,3)30-19-24-33(25-20-30)50-37-16-14-17-38-41(37)49(36-28-23-32(29-39(36)50)48(7,8)9)42-43-44(35-15-12-13-18-40(35)52-43)53(10,11)45(42)51(38)34-26-21-31(22-27-34)47(4,5)6/h12-29H,1-11H3. The van der Waals surface area contributed by atoms with Gasteiger partial charge in [0.25, 0.3) is 6.71 Å². The van der Waals surface area contributed by atoms with Gasteiger partial charge in [-0.15, -0.1) is 0 Å². The van der Waals surface area contributed by atoms with E-state index in [0.29, 0.717) is 0 Å². The van der Waals surface area contributed by atoms with Gasteiger partial charge in [0.05, 0.1) is 0 Å². The highest BCUT2D eigenvalue weighted by Gasteiger charge is 2.55. The summed E-state index contributed by atoms with van der Waals surface area (Å²) in [7, 11) is -2.32. The zero-order valence-electron chi connectivity index (χ0n) is 33.3. The van der Waals surface area contributed by atoms with Crippen LogP contribution < -0.4 is 25.9 Å². The largest absolute Gasteiger partial charge is 0.457 e. The van der Waals surface area contributed by atoms with Gasteiger partial charge in [0.1, 0.15) is 19.4 Å². The van der Waals surface area contributed by atoms with Crippen molar-refractivity contribution in [3.05, 3.63) is 137 Å². The van der Waals surface area contributed by atoms with E-state index in [-0.39, 0.29) is 23.0 Å². The lowest BCUT2D eigenvalue weighted by Crippen LogP contribution is -2.57. The number of benzene rings is 5. The summed E-state index contributed by atoms with van der Waals surface area (Å²) in [6, 6.07) is 41.6. The molecule has 5 aromatic carbocycles. The predicted octanol–water partition coefficient (Wildman–Crippen LogP) is 11.3. The van der Waals surface area contributed by atoms with Crippen molar-refractivity contribution < 1.29 is 4.42 Å². The molecule has 5 heteroatoms. The van der Waals surface area contributed by atoms with Gasteiger partial charge in [-0.2, -0.15) is 0 Å². The van der Waals surface area contributed by atoms with Gasteiger partial charge in [-0.05, 0) is 103 Å². The molecule has 0 unspecified atom stereocenters. The molecule has 0 bridgehead atoms. The number of fused-ring (bicyclic) bond motifs is 7. The Labute approximate surface area is 317 Å². The van der Waals surface area contributed by atoms with Crippen molar-refractivity contribution in [2.75, 3.05) is 9.80 Å². The SMILES string of the molecule is CC(C)(C)c1ccc(N2C3=C(B4c5ccc(C(C)(C)C)cc5N(c5ccc(C(C)(C)C)cc5)c5cccc2c54)c2oc4ccccc4c2[Si]3(C)C)cc1. The molecule has 0 saturated carbocycles. The first-order valence-corrected chi connectivity index (χ1v) is 22.3. The van der Waals surface area contributed by atoms with Gasteiger partial charge < -0.3 is 14.2 Å². The first-order valence-electron chi connectivity index (χ1n) is 19.3. The molecule has 0 fully saturated rings. The first kappa shape index (κ1) is 34.1. The topological polar surface area (TPSA) is 19.6 Å². The summed E-state index contributed by atoms with van der Waals surface area (Å²) >= 11 is 0. The highest BCUT2D eigenvalue weighted by molar-refractivity contribution is 7.11. The van der Waals surface area contributed by atoms with Crippen molar-refractivity contribution in [1.29, 1.82) is 0 Å². The van der Waals surface area contributed by atoms with E-state index >= 15 is 0 Å². The van der Waals surface area contributed by atoms with Crippen LogP contribution in [0.25, 0.3) is 16.4 Å². The monoisotopic (exact) mass is 710 g/mol. The van der Waals surface area contributed by atoms with Gasteiger partial charge in [-0.25, -0.2) is 0 Å². The molecular weight excluding hydrogens is 659 g/mol. The molecule has 3 aliphatic rings. The lowest BCUT2D eigenvalue weighted by Gasteiger charge is -2.46. The fourth-order valence-corrected chi connectivity index (χ4v) is 12.8. The second-order valence-electron chi connectivity index (χ2n) is 19.1. The quantitative estimate of drug-likeness (QED) is 0.167. The smallest absolute Gasteiger partial charge is 0.256 e. The van der Waals surface area contributed by atoms with Crippen LogP contribution in [0.4, 0.5) is 28.4 Å². The molecule has 1 aromatic heterocycles. The van der Waals surface area contributed by atoms with Crippen molar-refractivity contribution in [1.82, 2.24) is 0 Å². The Bertz CT molecular complexity index is 2480. The molecule has 4 heterocycles. The highest BCUT2D eigenvalue weighted by Crippen LogP contribution is 2.52. The van der Waals surface area contributed by atoms with E-state index in [1.165, 1.54) is 77.4 Å². The van der Waals surface area contributed by atoms with E-state index in [1.54, 1.807) is 0 Å². The Kier molecular flexibility index (Phi) is 7.16. The normalized spacial score (nSPS) is 16.2. The average Bonchev–Trinajstić information content (AvgIpc) is 3.60. The van der Waals surface area contributed by atoms with Crippen LogP contribution in [0, 0.1) is 0 Å². The summed E-state index contributed by atoms with van der Waals surface area (Å²) in [5.74, 6) is 1.09. The number of hydrogen-bond donors (Lipinski definition) is 0. The molecule has 266 valence electrons. The number of anilines is 5.